The molecule has 0 aromatic carbocycles. The molecule has 4 nitrogen and oxygen atoms in total. The van der Waals surface area contributed by atoms with E-state index < -0.39 is 0 Å². The lowest BCUT2D eigenvalue weighted by atomic mass is 10.2. The Morgan fingerprint density at radius 3 is 2.57 bits per heavy atom. The van der Waals surface area contributed by atoms with Gasteiger partial charge in [-0.25, -0.2) is 0 Å². The summed E-state index contributed by atoms with van der Waals surface area (Å²) in [6, 6.07) is 0.337. The van der Waals surface area contributed by atoms with Gasteiger partial charge in [-0.1, -0.05) is 6.92 Å². The molecule has 0 rings (SSSR count). The molecule has 0 aromatic rings. The standard InChI is InChI=1S/C10H24N2O2/c1-4-9(2)12(5-6-14-3)7-10(11)8-13/h9-10,13H,4-8,11H2,1-3H3. The van der Waals surface area contributed by atoms with Crippen LogP contribution in [0.25, 0.3) is 0 Å². The smallest absolute Gasteiger partial charge is 0.0595 e. The molecule has 0 aromatic heterocycles. The summed E-state index contributed by atoms with van der Waals surface area (Å²) in [7, 11) is 1.70. The van der Waals surface area contributed by atoms with E-state index in [2.05, 4.69) is 18.7 Å². The van der Waals surface area contributed by atoms with Crippen LogP contribution in [-0.2, 0) is 4.74 Å². The van der Waals surface area contributed by atoms with Gasteiger partial charge in [0, 0.05) is 32.3 Å². The first-order valence-corrected chi connectivity index (χ1v) is 5.25. The Morgan fingerprint density at radius 1 is 1.50 bits per heavy atom. The van der Waals surface area contributed by atoms with Crippen molar-refractivity contribution in [2.24, 2.45) is 5.73 Å². The Bertz CT molecular complexity index is 133. The summed E-state index contributed by atoms with van der Waals surface area (Å²) in [6.07, 6.45) is 1.09. The van der Waals surface area contributed by atoms with E-state index in [1.807, 2.05) is 0 Å². The first-order valence-electron chi connectivity index (χ1n) is 5.25. The summed E-state index contributed by atoms with van der Waals surface area (Å²) in [4.78, 5) is 2.25. The number of nitrogens with zero attached hydrogens (tertiary/aromatic N) is 1. The topological polar surface area (TPSA) is 58.7 Å². The van der Waals surface area contributed by atoms with Crippen molar-refractivity contribution in [2.75, 3.05) is 33.4 Å². The number of nitrogens with two attached hydrogens (primary N) is 1. The first-order chi connectivity index (χ1) is 6.65. The number of hydrogen-bond acceptors (Lipinski definition) is 4. The third-order valence-electron chi connectivity index (χ3n) is 2.50. The zero-order valence-electron chi connectivity index (χ0n) is 9.57. The third kappa shape index (κ3) is 5.54. The van der Waals surface area contributed by atoms with Gasteiger partial charge in [0.1, 0.15) is 0 Å². The number of aliphatic hydroxyl groups is 1. The highest BCUT2D eigenvalue weighted by Gasteiger charge is 2.14. The van der Waals surface area contributed by atoms with Crippen molar-refractivity contribution in [2.45, 2.75) is 32.4 Å². The maximum atomic E-state index is 8.88. The molecule has 2 unspecified atom stereocenters. The summed E-state index contributed by atoms with van der Waals surface area (Å²) in [5.41, 5.74) is 5.71. The summed E-state index contributed by atoms with van der Waals surface area (Å²) in [5.74, 6) is 0. The van der Waals surface area contributed by atoms with Gasteiger partial charge < -0.3 is 15.6 Å². The Balaban J connectivity index is 3.96. The highest BCUT2D eigenvalue weighted by atomic mass is 16.5. The molecule has 86 valence electrons. The molecule has 14 heavy (non-hydrogen) atoms. The summed E-state index contributed by atoms with van der Waals surface area (Å²) in [6.45, 7) is 6.67. The summed E-state index contributed by atoms with van der Waals surface area (Å²) in [5, 5.41) is 8.88. The number of ether oxygens (including phenoxy) is 1. The zero-order valence-corrected chi connectivity index (χ0v) is 9.57. The predicted molar refractivity (Wildman–Crippen MR) is 58.3 cm³/mol. The molecule has 0 aliphatic heterocycles. The van der Waals surface area contributed by atoms with Crippen LogP contribution in [0.5, 0.6) is 0 Å². The van der Waals surface area contributed by atoms with Crippen LogP contribution in [0.2, 0.25) is 0 Å². The van der Waals surface area contributed by atoms with Crippen LogP contribution in [0.1, 0.15) is 20.3 Å². The van der Waals surface area contributed by atoms with E-state index in [4.69, 9.17) is 15.6 Å². The van der Waals surface area contributed by atoms with E-state index in [1.165, 1.54) is 0 Å². The Hall–Kier alpha value is -0.160. The van der Waals surface area contributed by atoms with Gasteiger partial charge in [-0.05, 0) is 13.3 Å². The van der Waals surface area contributed by atoms with Gasteiger partial charge in [-0.2, -0.15) is 0 Å². The first kappa shape index (κ1) is 13.8. The Labute approximate surface area is 87.0 Å². The quantitative estimate of drug-likeness (QED) is 0.587. The molecule has 0 amide bonds. The molecule has 0 spiro atoms. The van der Waals surface area contributed by atoms with Crippen molar-refractivity contribution in [3.8, 4) is 0 Å². The highest BCUT2D eigenvalue weighted by molar-refractivity contribution is 4.71. The van der Waals surface area contributed by atoms with Gasteiger partial charge in [-0.15, -0.1) is 0 Å². The van der Waals surface area contributed by atoms with E-state index in [0.717, 1.165) is 19.5 Å². The normalized spacial score (nSPS) is 15.9. The molecule has 0 aliphatic carbocycles. The third-order valence-corrected chi connectivity index (χ3v) is 2.50. The minimum Gasteiger partial charge on any atom is -0.395 e. The van der Waals surface area contributed by atoms with Crippen molar-refractivity contribution >= 4 is 0 Å². The molecule has 0 radical (unpaired) electrons. The lowest BCUT2D eigenvalue weighted by molar-refractivity contribution is 0.109. The van der Waals surface area contributed by atoms with Crippen molar-refractivity contribution in [3.63, 3.8) is 0 Å². The molecule has 4 heteroatoms. The van der Waals surface area contributed by atoms with E-state index >= 15 is 0 Å². The van der Waals surface area contributed by atoms with Gasteiger partial charge in [0.25, 0.3) is 0 Å². The Morgan fingerprint density at radius 2 is 2.14 bits per heavy atom. The van der Waals surface area contributed by atoms with Gasteiger partial charge >= 0.3 is 0 Å². The van der Waals surface area contributed by atoms with E-state index in [0.29, 0.717) is 12.6 Å². The molecule has 0 aliphatic rings. The van der Waals surface area contributed by atoms with Crippen LogP contribution >= 0.6 is 0 Å². The molecule has 0 heterocycles. The molecule has 0 saturated heterocycles. The number of rotatable bonds is 8. The summed E-state index contributed by atoms with van der Waals surface area (Å²) < 4.78 is 5.04. The molecule has 2 atom stereocenters. The number of aliphatic hydroxyl groups excluding tert-OH is 1. The minimum atomic E-state index is -0.152. The Kier molecular flexibility index (Phi) is 8.08. The number of methoxy groups -OCH3 is 1. The molecule has 0 saturated carbocycles. The number of hydrogen-bond donors (Lipinski definition) is 2. The van der Waals surface area contributed by atoms with Crippen LogP contribution in [0.15, 0.2) is 0 Å². The fourth-order valence-corrected chi connectivity index (χ4v) is 1.32. The maximum Gasteiger partial charge on any atom is 0.0595 e. The zero-order chi connectivity index (χ0) is 11.0. The maximum absolute atomic E-state index is 8.88. The largest absolute Gasteiger partial charge is 0.395 e. The molecular formula is C10H24N2O2. The minimum absolute atomic E-state index is 0.0416. The van der Waals surface area contributed by atoms with Crippen LogP contribution in [-0.4, -0.2) is 55.5 Å². The fourth-order valence-electron chi connectivity index (χ4n) is 1.32. The van der Waals surface area contributed by atoms with Crippen LogP contribution < -0.4 is 5.73 Å². The SMILES string of the molecule is CCC(C)N(CCOC)CC(N)CO. The average molecular weight is 204 g/mol. The summed E-state index contributed by atoms with van der Waals surface area (Å²) >= 11 is 0. The van der Waals surface area contributed by atoms with Crippen LogP contribution in [0.3, 0.4) is 0 Å². The van der Waals surface area contributed by atoms with Gasteiger partial charge in [0.2, 0.25) is 0 Å². The van der Waals surface area contributed by atoms with Crippen molar-refractivity contribution in [1.29, 1.82) is 0 Å². The van der Waals surface area contributed by atoms with Gasteiger partial charge in [0.05, 0.1) is 13.2 Å². The second-order valence-corrected chi connectivity index (χ2v) is 3.69. The van der Waals surface area contributed by atoms with Crippen LogP contribution in [0.4, 0.5) is 0 Å². The second-order valence-electron chi connectivity index (χ2n) is 3.69. The molecule has 0 fully saturated rings. The van der Waals surface area contributed by atoms with E-state index in [-0.39, 0.29) is 12.6 Å². The highest BCUT2D eigenvalue weighted by Crippen LogP contribution is 2.03. The van der Waals surface area contributed by atoms with E-state index in [9.17, 15) is 0 Å². The lowest BCUT2D eigenvalue weighted by Gasteiger charge is -2.29. The van der Waals surface area contributed by atoms with Gasteiger partial charge in [-0.3, -0.25) is 4.90 Å². The van der Waals surface area contributed by atoms with Crippen molar-refractivity contribution in [1.82, 2.24) is 4.90 Å². The molecular weight excluding hydrogens is 180 g/mol. The van der Waals surface area contributed by atoms with Crippen molar-refractivity contribution in [3.05, 3.63) is 0 Å². The van der Waals surface area contributed by atoms with Crippen LogP contribution in [0, 0.1) is 0 Å². The fraction of sp³-hybridized carbons (Fsp3) is 1.00. The van der Waals surface area contributed by atoms with Gasteiger partial charge in [0.15, 0.2) is 0 Å². The second kappa shape index (κ2) is 8.17. The monoisotopic (exact) mass is 204 g/mol. The average Bonchev–Trinajstić information content (AvgIpc) is 2.22. The van der Waals surface area contributed by atoms with E-state index in [1.54, 1.807) is 7.11 Å². The van der Waals surface area contributed by atoms with Crippen molar-refractivity contribution < 1.29 is 9.84 Å². The molecule has 3 N–H and O–H groups in total. The lowest BCUT2D eigenvalue weighted by Crippen LogP contribution is -2.45. The predicted octanol–water partition coefficient (Wildman–Crippen LogP) is 0.0529. The molecule has 0 bridgehead atoms.